The highest BCUT2D eigenvalue weighted by Crippen LogP contribution is 2.28. The van der Waals surface area contributed by atoms with Crippen LogP contribution in [0.15, 0.2) is 41.8 Å². The molecule has 0 aliphatic carbocycles. The molecule has 1 amide bonds. The van der Waals surface area contributed by atoms with Crippen LogP contribution in [0.2, 0.25) is 5.02 Å². The van der Waals surface area contributed by atoms with Crippen molar-refractivity contribution >= 4 is 51.3 Å². The van der Waals surface area contributed by atoms with E-state index in [0.717, 1.165) is 5.56 Å². The molecule has 3 rings (SSSR count). The molecule has 3 aromatic rings. The van der Waals surface area contributed by atoms with Gasteiger partial charge in [-0.1, -0.05) is 11.6 Å². The van der Waals surface area contributed by atoms with Crippen LogP contribution < -0.4 is 20.1 Å². The van der Waals surface area contributed by atoms with Gasteiger partial charge in [0.2, 0.25) is 0 Å². The number of halogens is 2. The summed E-state index contributed by atoms with van der Waals surface area (Å²) in [7, 11) is 1.40. The average molecular weight is 466 g/mol. The number of rotatable bonds is 6. The van der Waals surface area contributed by atoms with Gasteiger partial charge in [0.25, 0.3) is 5.91 Å². The Kier molecular flexibility index (Phi) is 7.20. The summed E-state index contributed by atoms with van der Waals surface area (Å²) in [6.45, 7) is 1.63. The predicted molar refractivity (Wildman–Crippen MR) is 120 cm³/mol. The Morgan fingerprint density at radius 3 is 2.80 bits per heavy atom. The second-order valence-corrected chi connectivity index (χ2v) is 7.76. The van der Waals surface area contributed by atoms with Crippen molar-refractivity contribution in [2.75, 3.05) is 19.0 Å². The number of nitrogens with one attached hydrogen (secondary N) is 2. The summed E-state index contributed by atoms with van der Waals surface area (Å²) in [6.07, 6.45) is 0. The van der Waals surface area contributed by atoms with Gasteiger partial charge in [0.1, 0.15) is 5.75 Å². The highest BCUT2D eigenvalue weighted by molar-refractivity contribution is 7.80. The van der Waals surface area contributed by atoms with Gasteiger partial charge >= 0.3 is 0 Å². The first-order valence-corrected chi connectivity index (χ1v) is 10.3. The highest BCUT2D eigenvalue weighted by Gasteiger charge is 2.11. The van der Waals surface area contributed by atoms with E-state index in [1.165, 1.54) is 30.6 Å². The van der Waals surface area contributed by atoms with Gasteiger partial charge in [-0.3, -0.25) is 10.1 Å². The van der Waals surface area contributed by atoms with Crippen molar-refractivity contribution in [2.45, 2.75) is 6.92 Å². The summed E-state index contributed by atoms with van der Waals surface area (Å²) >= 11 is 12.4. The average Bonchev–Trinajstić information content (AvgIpc) is 3.17. The van der Waals surface area contributed by atoms with Crippen LogP contribution in [-0.2, 0) is 4.79 Å². The van der Waals surface area contributed by atoms with Crippen molar-refractivity contribution < 1.29 is 18.7 Å². The van der Waals surface area contributed by atoms with Crippen LogP contribution in [0.25, 0.3) is 11.3 Å². The van der Waals surface area contributed by atoms with E-state index in [1.54, 1.807) is 29.6 Å². The lowest BCUT2D eigenvalue weighted by molar-refractivity contribution is -0.121. The zero-order valence-electron chi connectivity index (χ0n) is 16.0. The first-order chi connectivity index (χ1) is 14.4. The fourth-order valence-electron chi connectivity index (χ4n) is 2.44. The molecule has 1 heterocycles. The van der Waals surface area contributed by atoms with E-state index in [2.05, 4.69) is 15.6 Å². The lowest BCUT2D eigenvalue weighted by atomic mass is 10.1. The number of amides is 1. The predicted octanol–water partition coefficient (Wildman–Crippen LogP) is 4.81. The first-order valence-electron chi connectivity index (χ1n) is 8.65. The maximum absolute atomic E-state index is 13.9. The van der Waals surface area contributed by atoms with Crippen molar-refractivity contribution in [1.29, 1.82) is 0 Å². The molecule has 2 aromatic carbocycles. The smallest absolute Gasteiger partial charge is 0.264 e. The molecule has 0 saturated carbocycles. The minimum absolute atomic E-state index is 0.0812. The molecule has 0 bridgehead atoms. The van der Waals surface area contributed by atoms with Crippen molar-refractivity contribution in [3.63, 3.8) is 0 Å². The number of aromatic nitrogens is 1. The molecule has 2 N–H and O–H groups in total. The summed E-state index contributed by atoms with van der Waals surface area (Å²) in [5.74, 6) is -0.209. The molecule has 10 heteroatoms. The SMILES string of the molecule is COc1ccc(-c2csc(NC(=S)NC(=O)COc3ccc(Cl)c(C)c3)n2)cc1F. The Labute approximate surface area is 187 Å². The minimum atomic E-state index is -0.476. The third kappa shape index (κ3) is 5.65. The zero-order valence-corrected chi connectivity index (χ0v) is 18.4. The Bertz CT molecular complexity index is 1090. The van der Waals surface area contributed by atoms with Crippen LogP contribution in [0.4, 0.5) is 9.52 Å². The van der Waals surface area contributed by atoms with Gasteiger partial charge in [-0.25, -0.2) is 9.37 Å². The molecule has 156 valence electrons. The number of methoxy groups -OCH3 is 1. The maximum Gasteiger partial charge on any atom is 0.264 e. The van der Waals surface area contributed by atoms with Gasteiger partial charge in [-0.2, -0.15) is 0 Å². The molecule has 0 atom stereocenters. The van der Waals surface area contributed by atoms with Gasteiger partial charge in [0, 0.05) is 16.0 Å². The lowest BCUT2D eigenvalue weighted by Gasteiger charge is -2.09. The second-order valence-electron chi connectivity index (χ2n) is 6.09. The third-order valence-electron chi connectivity index (χ3n) is 3.92. The fourth-order valence-corrected chi connectivity index (χ4v) is 3.55. The van der Waals surface area contributed by atoms with Gasteiger partial charge in [0.15, 0.2) is 28.4 Å². The van der Waals surface area contributed by atoms with E-state index < -0.39 is 11.7 Å². The fraction of sp³-hybridized carbons (Fsp3) is 0.150. The quantitative estimate of drug-likeness (QED) is 0.509. The zero-order chi connectivity index (χ0) is 21.7. The molecule has 1 aromatic heterocycles. The van der Waals surface area contributed by atoms with E-state index in [9.17, 15) is 9.18 Å². The van der Waals surface area contributed by atoms with Gasteiger partial charge in [-0.05, 0) is 61.1 Å². The molecule has 0 aliphatic heterocycles. The molecular formula is C20H17ClFN3O3S2. The number of thiocarbonyl (C=S) groups is 1. The number of carbonyl (C=O) groups is 1. The molecule has 0 fully saturated rings. The molecule has 6 nitrogen and oxygen atoms in total. The Morgan fingerprint density at radius 1 is 1.30 bits per heavy atom. The van der Waals surface area contributed by atoms with Gasteiger partial charge in [0.05, 0.1) is 12.8 Å². The minimum Gasteiger partial charge on any atom is -0.494 e. The largest absolute Gasteiger partial charge is 0.494 e. The molecular weight excluding hydrogens is 449 g/mol. The van der Waals surface area contributed by atoms with Crippen LogP contribution in [0, 0.1) is 12.7 Å². The van der Waals surface area contributed by atoms with Crippen molar-refractivity contribution in [1.82, 2.24) is 10.3 Å². The summed E-state index contributed by atoms with van der Waals surface area (Å²) < 4.78 is 24.2. The van der Waals surface area contributed by atoms with Crippen molar-refractivity contribution in [2.24, 2.45) is 0 Å². The van der Waals surface area contributed by atoms with E-state index in [1.807, 2.05) is 6.92 Å². The number of aryl methyl sites for hydroxylation is 1. The summed E-state index contributed by atoms with van der Waals surface area (Å²) in [5.41, 5.74) is 2.02. The van der Waals surface area contributed by atoms with Crippen LogP contribution in [0.3, 0.4) is 0 Å². The standard InChI is InChI=1S/C20H17ClFN3O3S2/c1-11-7-13(4-5-14(11)21)28-9-18(26)24-19(29)25-20-23-16(10-30-20)12-3-6-17(27-2)15(22)8-12/h3-8,10H,9H2,1-2H3,(H2,23,24,25,26,29). The number of benzene rings is 2. The Hall–Kier alpha value is -2.75. The van der Waals surface area contributed by atoms with Crippen LogP contribution in [0.1, 0.15) is 5.56 Å². The number of anilines is 1. The van der Waals surface area contributed by atoms with E-state index >= 15 is 0 Å². The molecule has 30 heavy (non-hydrogen) atoms. The van der Waals surface area contributed by atoms with Crippen LogP contribution in [0.5, 0.6) is 11.5 Å². The number of nitrogens with zero attached hydrogens (tertiary/aromatic N) is 1. The molecule has 0 spiro atoms. The Morgan fingerprint density at radius 2 is 2.10 bits per heavy atom. The first kappa shape index (κ1) is 21.9. The molecule has 0 aliphatic rings. The summed E-state index contributed by atoms with van der Waals surface area (Å²) in [4.78, 5) is 16.4. The topological polar surface area (TPSA) is 72.5 Å². The maximum atomic E-state index is 13.9. The molecule has 0 unspecified atom stereocenters. The second kappa shape index (κ2) is 9.84. The van der Waals surface area contributed by atoms with E-state index in [0.29, 0.717) is 27.2 Å². The van der Waals surface area contributed by atoms with Gasteiger partial charge in [-0.15, -0.1) is 11.3 Å². The number of hydrogen-bond acceptors (Lipinski definition) is 6. The van der Waals surface area contributed by atoms with Crippen molar-refractivity contribution in [3.05, 3.63) is 58.2 Å². The number of ether oxygens (including phenoxy) is 2. The number of hydrogen-bond donors (Lipinski definition) is 2. The third-order valence-corrected chi connectivity index (χ3v) is 5.31. The monoisotopic (exact) mass is 465 g/mol. The molecule has 0 radical (unpaired) electrons. The van der Waals surface area contributed by atoms with E-state index in [-0.39, 0.29) is 17.5 Å². The van der Waals surface area contributed by atoms with Gasteiger partial charge < -0.3 is 14.8 Å². The Balaban J connectivity index is 1.53. The lowest BCUT2D eigenvalue weighted by Crippen LogP contribution is -2.37. The van der Waals surface area contributed by atoms with Crippen LogP contribution in [-0.4, -0.2) is 29.7 Å². The van der Waals surface area contributed by atoms with Crippen molar-refractivity contribution in [3.8, 4) is 22.8 Å². The number of carbonyl (C=O) groups excluding carboxylic acids is 1. The highest BCUT2D eigenvalue weighted by atomic mass is 35.5. The van der Waals surface area contributed by atoms with E-state index in [4.69, 9.17) is 33.3 Å². The normalized spacial score (nSPS) is 10.4. The summed E-state index contributed by atoms with van der Waals surface area (Å²) in [5, 5.41) is 8.26. The summed E-state index contributed by atoms with van der Waals surface area (Å²) in [6, 6.07) is 9.70. The molecule has 0 saturated heterocycles. The van der Waals surface area contributed by atoms with Crippen LogP contribution >= 0.6 is 35.2 Å². The number of thiazole rings is 1.